The number of halogens is 3. The highest BCUT2D eigenvalue weighted by atomic mass is 79.9. The molecule has 3 aliphatic rings. The van der Waals surface area contributed by atoms with Gasteiger partial charge in [0.05, 0.1) is 16.8 Å². The molecule has 10 heteroatoms. The first-order valence-corrected chi connectivity index (χ1v) is 16.1. The Morgan fingerprint density at radius 3 is 2.40 bits per heavy atom. The molecule has 2 aromatic rings. The first kappa shape index (κ1) is 29.8. The Morgan fingerprint density at radius 1 is 1.02 bits per heavy atom. The van der Waals surface area contributed by atoms with Gasteiger partial charge in [0.1, 0.15) is 5.60 Å². The van der Waals surface area contributed by atoms with Gasteiger partial charge in [-0.3, -0.25) is 14.7 Å². The minimum atomic E-state index is -0.497. The molecule has 7 nitrogen and oxygen atoms in total. The third-order valence-electron chi connectivity index (χ3n) is 8.16. The largest absolute Gasteiger partial charge is 0.444 e. The number of fused-ring (bicyclic) bond motifs is 2. The van der Waals surface area contributed by atoms with Crippen LogP contribution in [0.5, 0.6) is 0 Å². The normalized spacial score (nSPS) is 20.5. The van der Waals surface area contributed by atoms with Crippen molar-refractivity contribution >= 4 is 55.5 Å². The second kappa shape index (κ2) is 12.3. The highest BCUT2D eigenvalue weighted by Crippen LogP contribution is 2.41. The van der Waals surface area contributed by atoms with Crippen molar-refractivity contribution in [2.75, 3.05) is 39.3 Å². The molecule has 0 saturated carbocycles. The summed E-state index contributed by atoms with van der Waals surface area (Å²) in [6.45, 7) is 9.89. The maximum Gasteiger partial charge on any atom is 0.410 e. The van der Waals surface area contributed by atoms with Gasteiger partial charge in [-0.25, -0.2) is 4.79 Å². The molecule has 1 aromatic carbocycles. The zero-order valence-corrected chi connectivity index (χ0v) is 27.3. The Morgan fingerprint density at radius 2 is 1.73 bits per heavy atom. The van der Waals surface area contributed by atoms with Gasteiger partial charge >= 0.3 is 6.09 Å². The second-order valence-electron chi connectivity index (χ2n) is 12.1. The number of carbonyl (C=O) groups excluding carboxylic acids is 2. The number of carbonyl (C=O) groups is 2. The van der Waals surface area contributed by atoms with Crippen LogP contribution in [0.3, 0.4) is 0 Å². The van der Waals surface area contributed by atoms with E-state index in [-0.39, 0.29) is 18.0 Å². The van der Waals surface area contributed by atoms with Gasteiger partial charge in [0.15, 0.2) is 0 Å². The predicted molar refractivity (Wildman–Crippen MR) is 164 cm³/mol. The predicted octanol–water partition coefficient (Wildman–Crippen LogP) is 6.63. The van der Waals surface area contributed by atoms with Crippen molar-refractivity contribution in [3.05, 3.63) is 60.7 Å². The maximum absolute atomic E-state index is 13.3. The lowest BCUT2D eigenvalue weighted by molar-refractivity contribution is -0.134. The monoisotopic (exact) mass is 694 g/mol. The summed E-state index contributed by atoms with van der Waals surface area (Å²) in [7, 11) is 0. The lowest BCUT2D eigenvalue weighted by Crippen LogP contribution is -2.50. The number of piperidine rings is 1. The van der Waals surface area contributed by atoms with Crippen LogP contribution in [0.1, 0.15) is 68.5 Å². The number of pyridine rings is 1. The highest BCUT2D eigenvalue weighted by Gasteiger charge is 2.35. The van der Waals surface area contributed by atoms with Gasteiger partial charge in [-0.1, -0.05) is 17.7 Å². The molecule has 1 aliphatic carbocycles. The molecule has 1 atom stereocenters. The summed E-state index contributed by atoms with van der Waals surface area (Å²) >= 11 is 13.9. The maximum atomic E-state index is 13.3. The number of nitrogens with zero attached hydrogens (tertiary/aromatic N) is 4. The van der Waals surface area contributed by atoms with Crippen molar-refractivity contribution in [2.45, 2.75) is 64.5 Å². The Hall–Kier alpha value is -1.68. The number of hydrogen-bond acceptors (Lipinski definition) is 5. The van der Waals surface area contributed by atoms with E-state index in [1.54, 1.807) is 4.90 Å². The quantitative estimate of drug-likeness (QED) is 0.361. The molecule has 0 bridgehead atoms. The van der Waals surface area contributed by atoms with Crippen LogP contribution in [0.15, 0.2) is 33.3 Å². The summed E-state index contributed by atoms with van der Waals surface area (Å²) in [5, 5.41) is 0.727. The Bertz CT molecular complexity index is 1270. The topological polar surface area (TPSA) is 66.0 Å². The van der Waals surface area contributed by atoms with Gasteiger partial charge in [0.2, 0.25) is 5.91 Å². The van der Waals surface area contributed by atoms with Gasteiger partial charge in [0, 0.05) is 60.8 Å². The van der Waals surface area contributed by atoms with E-state index in [0.717, 1.165) is 58.4 Å². The summed E-state index contributed by atoms with van der Waals surface area (Å²) in [6, 6.07) is 6.32. The van der Waals surface area contributed by atoms with Crippen LogP contribution in [0.25, 0.3) is 0 Å². The Labute approximate surface area is 258 Å². The lowest BCUT2D eigenvalue weighted by Gasteiger charge is -2.40. The van der Waals surface area contributed by atoms with E-state index in [2.05, 4.69) is 48.9 Å². The van der Waals surface area contributed by atoms with E-state index in [1.165, 1.54) is 16.7 Å². The van der Waals surface area contributed by atoms with Gasteiger partial charge in [0.25, 0.3) is 0 Å². The molecule has 2 fully saturated rings. The number of ether oxygens (including phenoxy) is 1. The Kier molecular flexibility index (Phi) is 9.15. The summed E-state index contributed by atoms with van der Waals surface area (Å²) in [6.07, 6.45) is 5.62. The first-order chi connectivity index (χ1) is 19.0. The van der Waals surface area contributed by atoms with E-state index >= 15 is 0 Å². The van der Waals surface area contributed by atoms with Crippen molar-refractivity contribution in [3.63, 3.8) is 0 Å². The number of hydrogen-bond donors (Lipinski definition) is 0. The van der Waals surface area contributed by atoms with Gasteiger partial charge in [-0.05, 0) is 113 Å². The SMILES string of the molecule is CC(C)(C)OC(=O)N1CCC(CC(=O)N2CCN(C3c4ccc(Cl)c(Br)c4CCc4cc(Br)cnc43)CC2)CC1. The van der Waals surface area contributed by atoms with E-state index in [1.807, 2.05) is 37.9 Å². The van der Waals surface area contributed by atoms with Gasteiger partial charge in [-0.2, -0.15) is 0 Å². The van der Waals surface area contributed by atoms with Crippen LogP contribution < -0.4 is 0 Å². The summed E-state index contributed by atoms with van der Waals surface area (Å²) in [4.78, 5) is 36.8. The van der Waals surface area contributed by atoms with Crippen LogP contribution in [0.2, 0.25) is 5.02 Å². The van der Waals surface area contributed by atoms with Crippen molar-refractivity contribution < 1.29 is 14.3 Å². The van der Waals surface area contributed by atoms with Crippen molar-refractivity contribution in [1.82, 2.24) is 19.7 Å². The van der Waals surface area contributed by atoms with E-state index in [9.17, 15) is 9.59 Å². The third kappa shape index (κ3) is 6.69. The molecule has 3 heterocycles. The Balaban J connectivity index is 1.22. The molecule has 2 aliphatic heterocycles. The molecule has 1 unspecified atom stereocenters. The number of aryl methyl sites for hydroxylation is 1. The molecule has 0 spiro atoms. The number of piperazine rings is 1. The third-order valence-corrected chi connectivity index (χ3v) is 10.0. The van der Waals surface area contributed by atoms with E-state index in [0.29, 0.717) is 38.5 Å². The minimum Gasteiger partial charge on any atom is -0.444 e. The summed E-state index contributed by atoms with van der Waals surface area (Å²) in [5.74, 6) is 0.517. The number of amides is 2. The molecule has 216 valence electrons. The molecule has 1 aromatic heterocycles. The van der Waals surface area contributed by atoms with Gasteiger partial charge in [-0.15, -0.1) is 0 Å². The van der Waals surface area contributed by atoms with Crippen LogP contribution in [-0.2, 0) is 22.4 Å². The minimum absolute atomic E-state index is 0.0172. The zero-order chi connectivity index (χ0) is 28.6. The van der Waals surface area contributed by atoms with Gasteiger partial charge < -0.3 is 14.5 Å². The summed E-state index contributed by atoms with van der Waals surface area (Å²) < 4.78 is 7.46. The molecule has 2 amide bonds. The van der Waals surface area contributed by atoms with Crippen LogP contribution >= 0.6 is 43.5 Å². The van der Waals surface area contributed by atoms with Crippen LogP contribution in [0, 0.1) is 5.92 Å². The highest BCUT2D eigenvalue weighted by molar-refractivity contribution is 9.10. The number of aromatic nitrogens is 1. The average Bonchev–Trinajstić information content (AvgIpc) is 3.07. The van der Waals surface area contributed by atoms with Crippen molar-refractivity contribution in [2.24, 2.45) is 5.92 Å². The first-order valence-electron chi connectivity index (χ1n) is 14.1. The smallest absolute Gasteiger partial charge is 0.410 e. The number of benzene rings is 1. The average molecular weight is 697 g/mol. The van der Waals surface area contributed by atoms with Crippen LogP contribution in [-0.4, -0.2) is 76.6 Å². The molecule has 0 radical (unpaired) electrons. The lowest BCUT2D eigenvalue weighted by atomic mass is 9.93. The van der Waals surface area contributed by atoms with Crippen LogP contribution in [0.4, 0.5) is 4.79 Å². The fraction of sp³-hybridized carbons (Fsp3) is 0.567. The fourth-order valence-corrected chi connectivity index (χ4v) is 7.20. The zero-order valence-electron chi connectivity index (χ0n) is 23.4. The molecular formula is C30H37Br2ClN4O3. The molecule has 0 N–H and O–H groups in total. The fourth-order valence-electron chi connectivity index (χ4n) is 6.08. The molecule has 2 saturated heterocycles. The number of likely N-dealkylation sites (tertiary alicyclic amines) is 1. The van der Waals surface area contributed by atoms with E-state index < -0.39 is 5.60 Å². The number of rotatable bonds is 3. The van der Waals surface area contributed by atoms with E-state index in [4.69, 9.17) is 21.3 Å². The second-order valence-corrected chi connectivity index (χ2v) is 14.2. The van der Waals surface area contributed by atoms with Crippen molar-refractivity contribution in [3.8, 4) is 0 Å². The molecule has 40 heavy (non-hydrogen) atoms. The van der Waals surface area contributed by atoms with Crippen molar-refractivity contribution in [1.29, 1.82) is 0 Å². The molecular weight excluding hydrogens is 660 g/mol. The molecule has 5 rings (SSSR count). The summed E-state index contributed by atoms with van der Waals surface area (Å²) in [5.41, 5.74) is 4.32. The standard InChI is InChI=1S/C30H37Br2ClN4O3/c1-30(2,3)40-29(39)37-10-8-19(9-11-37)16-25(38)35-12-14-36(15-13-35)28-23-6-7-24(33)26(32)22(23)5-4-20-17-21(31)18-34-27(20)28/h6-7,17-19,28H,4-5,8-16H2,1-3H3.